The molecule has 3 N–H and O–H groups in total. The maximum absolute atomic E-state index is 6.02. The van der Waals surface area contributed by atoms with Crippen LogP contribution in [0.1, 0.15) is 11.3 Å². The zero-order valence-electron chi connectivity index (χ0n) is 10.7. The predicted octanol–water partition coefficient (Wildman–Crippen LogP) is 5.00. The molecule has 0 aliphatic rings. The first-order valence-electron chi connectivity index (χ1n) is 5.82. The van der Waals surface area contributed by atoms with E-state index in [0.717, 1.165) is 22.6 Å². The highest BCUT2D eigenvalue weighted by Gasteiger charge is 2.08. The van der Waals surface area contributed by atoms with Crippen LogP contribution < -0.4 is 11.1 Å². The molecule has 2 rings (SSSR count). The number of hydrogen-bond acceptors (Lipinski definition) is 3. The molecule has 2 aromatic rings. The van der Waals surface area contributed by atoms with Gasteiger partial charge >= 0.3 is 0 Å². The number of nitrogens with zero attached hydrogens (tertiary/aromatic N) is 1. The summed E-state index contributed by atoms with van der Waals surface area (Å²) in [6.45, 7) is 7.52. The first-order chi connectivity index (χ1) is 9.56. The van der Waals surface area contributed by atoms with Crippen molar-refractivity contribution in [1.82, 2.24) is 4.98 Å². The summed E-state index contributed by atoms with van der Waals surface area (Å²) in [6, 6.07) is 5.26. The third kappa shape index (κ3) is 2.79. The summed E-state index contributed by atoms with van der Waals surface area (Å²) in [5.74, 6) is 0. The predicted molar refractivity (Wildman–Crippen MR) is 88.6 cm³/mol. The lowest BCUT2D eigenvalue weighted by Crippen LogP contribution is -1.98. The largest absolute Gasteiger partial charge is 0.396 e. The fraction of sp³-hybridized carbons (Fsp3) is 0. The minimum absolute atomic E-state index is 0.365. The quantitative estimate of drug-likeness (QED) is 0.781. The molecule has 0 spiro atoms. The fourth-order valence-electron chi connectivity index (χ4n) is 1.79. The van der Waals surface area contributed by atoms with Gasteiger partial charge in [0, 0.05) is 23.1 Å². The Balaban J connectivity index is 2.45. The normalized spacial score (nSPS) is 10.1. The molecule has 0 bridgehead atoms. The monoisotopic (exact) mass is 305 g/mol. The highest BCUT2D eigenvalue weighted by Crippen LogP contribution is 2.33. The van der Waals surface area contributed by atoms with Gasteiger partial charge in [-0.05, 0) is 24.3 Å². The number of benzene rings is 1. The molecule has 0 unspecified atom stereocenters. The van der Waals surface area contributed by atoms with Crippen molar-refractivity contribution >= 4 is 52.4 Å². The highest BCUT2D eigenvalue weighted by atomic mass is 35.5. The summed E-state index contributed by atoms with van der Waals surface area (Å²) in [4.78, 5) is 4.22. The van der Waals surface area contributed by atoms with Crippen LogP contribution in [-0.2, 0) is 0 Å². The second kappa shape index (κ2) is 5.99. The summed E-state index contributed by atoms with van der Waals surface area (Å²) in [5.41, 5.74) is 9.25. The number of anilines is 3. The van der Waals surface area contributed by atoms with E-state index in [1.165, 1.54) is 0 Å². The number of pyridine rings is 1. The van der Waals surface area contributed by atoms with Crippen molar-refractivity contribution in [3.63, 3.8) is 0 Å². The van der Waals surface area contributed by atoms with Crippen molar-refractivity contribution < 1.29 is 0 Å². The third-order valence-electron chi connectivity index (χ3n) is 2.78. The van der Waals surface area contributed by atoms with Gasteiger partial charge in [-0.1, -0.05) is 42.4 Å². The summed E-state index contributed by atoms with van der Waals surface area (Å²) in [5, 5.41) is 4.03. The average molecular weight is 306 g/mol. The highest BCUT2D eigenvalue weighted by molar-refractivity contribution is 6.39. The van der Waals surface area contributed by atoms with Crippen molar-refractivity contribution in [2.75, 3.05) is 11.1 Å². The van der Waals surface area contributed by atoms with Crippen LogP contribution >= 0.6 is 23.2 Å². The van der Waals surface area contributed by atoms with Gasteiger partial charge in [0.2, 0.25) is 0 Å². The molecule has 5 heteroatoms. The Morgan fingerprint density at radius 1 is 1.15 bits per heavy atom. The lowest BCUT2D eigenvalue weighted by Gasteiger charge is -2.13. The van der Waals surface area contributed by atoms with E-state index < -0.39 is 0 Å². The number of hydrogen-bond donors (Lipinski definition) is 2. The van der Waals surface area contributed by atoms with Gasteiger partial charge in [-0.25, -0.2) is 0 Å². The van der Waals surface area contributed by atoms with E-state index in [2.05, 4.69) is 23.5 Å². The topological polar surface area (TPSA) is 50.9 Å². The summed E-state index contributed by atoms with van der Waals surface area (Å²) >= 11 is 12.0. The van der Waals surface area contributed by atoms with E-state index >= 15 is 0 Å². The zero-order chi connectivity index (χ0) is 14.7. The molecule has 102 valence electrons. The van der Waals surface area contributed by atoms with E-state index in [4.69, 9.17) is 28.9 Å². The molecule has 0 fully saturated rings. The van der Waals surface area contributed by atoms with Crippen molar-refractivity contribution in [3.05, 3.63) is 58.9 Å². The standard InChI is InChI=1S/C15H13Cl2N3/c1-3-10-13(4-2)19-6-5-14(10)20-9-7-11(16)15(18)12(17)8-9/h3-8H,1-2,18H2,(H,19,20). The average Bonchev–Trinajstić information content (AvgIpc) is 2.44. The van der Waals surface area contributed by atoms with E-state index in [9.17, 15) is 0 Å². The smallest absolute Gasteiger partial charge is 0.0716 e. The molecule has 0 saturated heterocycles. The van der Waals surface area contributed by atoms with Crippen molar-refractivity contribution in [3.8, 4) is 0 Å². The second-order valence-electron chi connectivity index (χ2n) is 4.04. The van der Waals surface area contributed by atoms with Crippen LogP contribution in [-0.4, -0.2) is 4.98 Å². The van der Waals surface area contributed by atoms with Gasteiger partial charge < -0.3 is 11.1 Å². The summed E-state index contributed by atoms with van der Waals surface area (Å²) < 4.78 is 0. The van der Waals surface area contributed by atoms with Gasteiger partial charge in [-0.2, -0.15) is 0 Å². The zero-order valence-corrected chi connectivity index (χ0v) is 12.2. The molecule has 0 atom stereocenters. The Morgan fingerprint density at radius 2 is 1.80 bits per heavy atom. The number of rotatable bonds is 4. The molecular weight excluding hydrogens is 293 g/mol. The Morgan fingerprint density at radius 3 is 2.35 bits per heavy atom. The Hall–Kier alpha value is -1.97. The Labute approximate surface area is 127 Å². The van der Waals surface area contributed by atoms with Gasteiger partial charge in [0.15, 0.2) is 0 Å². The Kier molecular flexibility index (Phi) is 4.32. The van der Waals surface area contributed by atoms with Crippen LogP contribution in [0.4, 0.5) is 17.1 Å². The van der Waals surface area contributed by atoms with E-state index in [1.807, 2.05) is 6.07 Å². The van der Waals surface area contributed by atoms with E-state index in [-0.39, 0.29) is 0 Å². The van der Waals surface area contributed by atoms with Crippen molar-refractivity contribution in [1.29, 1.82) is 0 Å². The number of nitrogen functional groups attached to an aromatic ring is 1. The third-order valence-corrected chi connectivity index (χ3v) is 3.40. The molecule has 0 saturated carbocycles. The van der Waals surface area contributed by atoms with Crippen molar-refractivity contribution in [2.45, 2.75) is 0 Å². The number of halogens is 2. The summed E-state index contributed by atoms with van der Waals surface area (Å²) in [6.07, 6.45) is 5.07. The van der Waals surface area contributed by atoms with Gasteiger partial charge in [0.25, 0.3) is 0 Å². The van der Waals surface area contributed by atoms with Gasteiger partial charge in [-0.15, -0.1) is 0 Å². The molecule has 0 radical (unpaired) electrons. The molecule has 20 heavy (non-hydrogen) atoms. The number of nitrogens with one attached hydrogen (secondary N) is 1. The molecule has 3 nitrogen and oxygen atoms in total. The van der Waals surface area contributed by atoms with E-state index in [0.29, 0.717) is 15.7 Å². The van der Waals surface area contributed by atoms with Crippen LogP contribution in [0.25, 0.3) is 12.2 Å². The van der Waals surface area contributed by atoms with Crippen LogP contribution in [0.5, 0.6) is 0 Å². The first-order valence-corrected chi connectivity index (χ1v) is 6.57. The van der Waals surface area contributed by atoms with Crippen molar-refractivity contribution in [2.24, 2.45) is 0 Å². The lowest BCUT2D eigenvalue weighted by molar-refractivity contribution is 1.28. The van der Waals surface area contributed by atoms with E-state index in [1.54, 1.807) is 30.5 Å². The number of nitrogens with two attached hydrogens (primary N) is 1. The minimum atomic E-state index is 0.365. The Bertz CT molecular complexity index is 658. The van der Waals surface area contributed by atoms with Gasteiger partial charge in [-0.3, -0.25) is 4.98 Å². The van der Waals surface area contributed by atoms with Crippen LogP contribution in [0.3, 0.4) is 0 Å². The maximum atomic E-state index is 6.02. The molecule has 0 aliphatic heterocycles. The SMILES string of the molecule is C=Cc1nccc(Nc2cc(Cl)c(N)c(Cl)c2)c1C=C. The fourth-order valence-corrected chi connectivity index (χ4v) is 2.27. The number of aromatic nitrogens is 1. The second-order valence-corrected chi connectivity index (χ2v) is 4.86. The summed E-state index contributed by atoms with van der Waals surface area (Å²) in [7, 11) is 0. The van der Waals surface area contributed by atoms with Crippen LogP contribution in [0, 0.1) is 0 Å². The minimum Gasteiger partial charge on any atom is -0.396 e. The molecule has 1 heterocycles. The van der Waals surface area contributed by atoms with Crippen LogP contribution in [0.2, 0.25) is 10.0 Å². The lowest BCUT2D eigenvalue weighted by atomic mass is 10.1. The van der Waals surface area contributed by atoms with Gasteiger partial charge in [0.1, 0.15) is 0 Å². The molecule has 0 aliphatic carbocycles. The molecule has 0 amide bonds. The maximum Gasteiger partial charge on any atom is 0.0716 e. The van der Waals surface area contributed by atoms with Crippen LogP contribution in [0.15, 0.2) is 37.6 Å². The molecule has 1 aromatic heterocycles. The first kappa shape index (κ1) is 14.4. The molecule has 1 aromatic carbocycles. The molecular formula is C15H13Cl2N3. The van der Waals surface area contributed by atoms with Gasteiger partial charge in [0.05, 0.1) is 21.4 Å².